The Bertz CT molecular complexity index is 962. The molecule has 2 heterocycles. The van der Waals surface area contributed by atoms with Crippen molar-refractivity contribution in [3.8, 4) is 11.8 Å². The van der Waals surface area contributed by atoms with Crippen LogP contribution in [0.25, 0.3) is 0 Å². The molecule has 0 amide bonds. The number of rotatable bonds is 1. The van der Waals surface area contributed by atoms with Crippen molar-refractivity contribution in [2.24, 2.45) is 5.92 Å². The maximum atomic E-state index is 12.3. The molecule has 2 aromatic rings. The highest BCUT2D eigenvalue weighted by Gasteiger charge is 2.34. The van der Waals surface area contributed by atoms with Crippen LogP contribution in [0.5, 0.6) is 0 Å². The third-order valence-corrected chi connectivity index (χ3v) is 4.47. The summed E-state index contributed by atoms with van der Waals surface area (Å²) in [5.74, 6) is 5.28. The van der Waals surface area contributed by atoms with Crippen LogP contribution in [0.15, 0.2) is 30.6 Å². The summed E-state index contributed by atoms with van der Waals surface area (Å²) in [7, 11) is 0. The molecule has 1 aliphatic carbocycles. The van der Waals surface area contributed by atoms with Crippen molar-refractivity contribution in [3.63, 3.8) is 0 Å². The minimum Gasteiger partial charge on any atom is -0.368 e. The summed E-state index contributed by atoms with van der Waals surface area (Å²) in [4.78, 5) is 6.67. The molecule has 1 saturated carbocycles. The molecular weight excluding hydrogens is 381 g/mol. The number of hydrogen-bond donors (Lipinski definition) is 3. The minimum atomic E-state index is -4.51. The van der Waals surface area contributed by atoms with Gasteiger partial charge < -0.3 is 5.73 Å². The number of nitrogens with one attached hydrogen (secondary N) is 2. The number of nitrogens with zero attached hydrogens (tertiary/aromatic N) is 3. The Hall–Kier alpha value is -3.15. The van der Waals surface area contributed by atoms with Gasteiger partial charge in [-0.2, -0.15) is 13.2 Å². The second kappa shape index (κ2) is 9.87. The number of aromatic nitrogens is 3. The van der Waals surface area contributed by atoms with Gasteiger partial charge >= 0.3 is 6.18 Å². The molecule has 0 aliphatic heterocycles. The standard InChI is InChI=1S/C12H17N3.C8H6F3N3/c13-11-8-4-5-9-15(11)12(14)10-6-2-1-3-7-10;1-2-3-6-5(8(9,10)11)4-13-7(12)14-6/h4-5,8-10,13-14H,1-3,6-7H2;4H,1H3,(H2,12,13,14). The largest absolute Gasteiger partial charge is 0.420 e. The van der Waals surface area contributed by atoms with Crippen molar-refractivity contribution in [2.45, 2.75) is 45.2 Å². The van der Waals surface area contributed by atoms with Gasteiger partial charge in [-0.05, 0) is 37.8 Å². The Morgan fingerprint density at radius 3 is 2.52 bits per heavy atom. The normalized spacial score (nSPS) is 14.2. The first kappa shape index (κ1) is 22.1. The van der Waals surface area contributed by atoms with Crippen LogP contribution in [0.3, 0.4) is 0 Å². The van der Waals surface area contributed by atoms with Gasteiger partial charge in [0.1, 0.15) is 22.6 Å². The topological polar surface area (TPSA) is 104 Å². The van der Waals surface area contributed by atoms with Gasteiger partial charge in [0.15, 0.2) is 0 Å². The Morgan fingerprint density at radius 2 is 1.93 bits per heavy atom. The van der Waals surface area contributed by atoms with E-state index in [4.69, 9.17) is 16.6 Å². The van der Waals surface area contributed by atoms with Crippen LogP contribution in [0, 0.1) is 28.6 Å². The molecule has 0 aromatic carbocycles. The van der Waals surface area contributed by atoms with Crippen LogP contribution >= 0.6 is 0 Å². The fourth-order valence-electron chi connectivity index (χ4n) is 3.04. The molecule has 0 bridgehead atoms. The lowest BCUT2D eigenvalue weighted by Gasteiger charge is -2.23. The Morgan fingerprint density at radius 1 is 1.24 bits per heavy atom. The molecular formula is C20H23F3N6. The molecule has 2 aromatic heterocycles. The van der Waals surface area contributed by atoms with Crippen molar-refractivity contribution in [3.05, 3.63) is 47.3 Å². The van der Waals surface area contributed by atoms with E-state index in [-0.39, 0.29) is 5.95 Å². The predicted octanol–water partition coefficient (Wildman–Crippen LogP) is 3.82. The zero-order chi connectivity index (χ0) is 21.4. The second-order valence-corrected chi connectivity index (χ2v) is 6.54. The van der Waals surface area contributed by atoms with Crippen molar-refractivity contribution in [1.29, 1.82) is 10.8 Å². The van der Waals surface area contributed by atoms with Gasteiger partial charge in [-0.25, -0.2) is 9.97 Å². The van der Waals surface area contributed by atoms with E-state index in [1.165, 1.54) is 26.2 Å². The van der Waals surface area contributed by atoms with E-state index in [1.54, 1.807) is 10.6 Å². The number of halogens is 3. The molecule has 1 aliphatic rings. The average molecular weight is 404 g/mol. The average Bonchev–Trinajstić information content (AvgIpc) is 2.68. The maximum Gasteiger partial charge on any atom is 0.420 e. The quantitative estimate of drug-likeness (QED) is 0.382. The smallest absolute Gasteiger partial charge is 0.368 e. The number of nitrogens with two attached hydrogens (primary N) is 1. The van der Waals surface area contributed by atoms with E-state index in [1.807, 2.05) is 18.3 Å². The lowest BCUT2D eigenvalue weighted by Crippen LogP contribution is -2.31. The molecule has 0 spiro atoms. The fraction of sp³-hybridized carbons (Fsp3) is 0.400. The van der Waals surface area contributed by atoms with E-state index < -0.39 is 17.4 Å². The van der Waals surface area contributed by atoms with Crippen molar-refractivity contribution < 1.29 is 13.2 Å². The highest BCUT2D eigenvalue weighted by Crippen LogP contribution is 2.30. The van der Waals surface area contributed by atoms with Crippen LogP contribution in [0.4, 0.5) is 19.1 Å². The second-order valence-electron chi connectivity index (χ2n) is 6.54. The van der Waals surface area contributed by atoms with Crippen LogP contribution in [0.2, 0.25) is 0 Å². The number of hydrogen-bond acceptors (Lipinski definition) is 5. The molecule has 3 rings (SSSR count). The number of alkyl halides is 3. The van der Waals surface area contributed by atoms with E-state index >= 15 is 0 Å². The number of anilines is 1. The molecule has 4 N–H and O–H groups in total. The lowest BCUT2D eigenvalue weighted by atomic mass is 9.88. The molecule has 0 atom stereocenters. The Labute approximate surface area is 167 Å². The van der Waals surface area contributed by atoms with E-state index in [9.17, 15) is 13.2 Å². The molecule has 154 valence electrons. The summed E-state index contributed by atoms with van der Waals surface area (Å²) in [6, 6.07) is 5.46. The van der Waals surface area contributed by atoms with Crippen molar-refractivity contribution in [1.82, 2.24) is 14.5 Å². The van der Waals surface area contributed by atoms with Gasteiger partial charge in [-0.3, -0.25) is 15.4 Å². The third-order valence-electron chi connectivity index (χ3n) is 4.47. The summed E-state index contributed by atoms with van der Waals surface area (Å²) in [5, 5.41) is 15.8. The monoisotopic (exact) mass is 404 g/mol. The van der Waals surface area contributed by atoms with E-state index in [0.717, 1.165) is 12.8 Å². The summed E-state index contributed by atoms with van der Waals surface area (Å²) in [5.41, 5.74) is 4.19. The summed E-state index contributed by atoms with van der Waals surface area (Å²) in [6.07, 6.45) is 3.92. The predicted molar refractivity (Wildman–Crippen MR) is 104 cm³/mol. The zero-order valence-corrected chi connectivity index (χ0v) is 16.1. The first-order chi connectivity index (χ1) is 13.7. The maximum absolute atomic E-state index is 12.3. The first-order valence-corrected chi connectivity index (χ1v) is 9.17. The minimum absolute atomic E-state index is 0.226. The van der Waals surface area contributed by atoms with Gasteiger partial charge in [0.2, 0.25) is 5.95 Å². The summed E-state index contributed by atoms with van der Waals surface area (Å²) >= 11 is 0. The van der Waals surface area contributed by atoms with Gasteiger partial charge in [-0.1, -0.05) is 31.2 Å². The van der Waals surface area contributed by atoms with Crippen LogP contribution in [0.1, 0.15) is 50.3 Å². The highest BCUT2D eigenvalue weighted by molar-refractivity contribution is 5.83. The van der Waals surface area contributed by atoms with Gasteiger partial charge in [0.05, 0.1) is 0 Å². The lowest BCUT2D eigenvalue weighted by molar-refractivity contribution is -0.138. The van der Waals surface area contributed by atoms with Gasteiger partial charge in [0, 0.05) is 18.3 Å². The SMILES string of the molecule is CC#Cc1nc(N)ncc1C(F)(F)F.N=C(C1CCCCC1)n1ccccc1=N. The van der Waals surface area contributed by atoms with Crippen LogP contribution < -0.4 is 11.2 Å². The number of nitrogen functional groups attached to an aromatic ring is 1. The molecule has 0 saturated heterocycles. The third kappa shape index (κ3) is 6.17. The molecule has 0 unspecified atom stereocenters. The molecule has 1 fully saturated rings. The fourth-order valence-corrected chi connectivity index (χ4v) is 3.04. The van der Waals surface area contributed by atoms with E-state index in [2.05, 4.69) is 21.8 Å². The van der Waals surface area contributed by atoms with Crippen molar-refractivity contribution >= 4 is 11.8 Å². The number of pyridine rings is 1. The molecule has 6 nitrogen and oxygen atoms in total. The molecule has 0 radical (unpaired) electrons. The summed E-state index contributed by atoms with van der Waals surface area (Å²) in [6.45, 7) is 1.42. The zero-order valence-electron chi connectivity index (χ0n) is 16.1. The van der Waals surface area contributed by atoms with Gasteiger partial charge in [0.25, 0.3) is 0 Å². The first-order valence-electron chi connectivity index (χ1n) is 9.17. The van der Waals surface area contributed by atoms with Crippen molar-refractivity contribution in [2.75, 3.05) is 5.73 Å². The Balaban J connectivity index is 0.000000208. The highest BCUT2D eigenvalue weighted by atomic mass is 19.4. The van der Waals surface area contributed by atoms with Crippen LogP contribution in [-0.2, 0) is 6.18 Å². The Kier molecular flexibility index (Phi) is 7.53. The van der Waals surface area contributed by atoms with Crippen LogP contribution in [-0.4, -0.2) is 20.4 Å². The van der Waals surface area contributed by atoms with Gasteiger partial charge in [-0.15, -0.1) is 0 Å². The summed E-state index contributed by atoms with van der Waals surface area (Å²) < 4.78 is 38.6. The molecule has 9 heteroatoms. The molecule has 29 heavy (non-hydrogen) atoms. The van der Waals surface area contributed by atoms with E-state index in [0.29, 0.717) is 23.4 Å².